The Bertz CT molecular complexity index is 1330. The standard InChI is InChI=1S/C31H35F3N2O4/c1-20-25(18-19-26(35-20)22-12-14-23(15-13-22)31(32,33)34)36-27(37)9-7-8-21-10-16-24(17-11-21)39-30(5,6)28(38)40-29(2,3)4/h10-19H,7-9H2,1-6H3,(H,36,37). The zero-order chi connectivity index (χ0) is 29.7. The van der Waals surface area contributed by atoms with Crippen molar-refractivity contribution in [3.8, 4) is 17.0 Å². The van der Waals surface area contributed by atoms with Crippen molar-refractivity contribution < 1.29 is 32.2 Å². The fourth-order valence-corrected chi connectivity index (χ4v) is 3.81. The lowest BCUT2D eigenvalue weighted by Crippen LogP contribution is -2.43. The minimum Gasteiger partial charge on any atom is -0.476 e. The first-order chi connectivity index (χ1) is 18.5. The number of anilines is 1. The molecule has 0 spiro atoms. The second kappa shape index (κ2) is 12.1. The van der Waals surface area contributed by atoms with Crippen molar-refractivity contribution in [3.63, 3.8) is 0 Å². The molecule has 1 aromatic heterocycles. The summed E-state index contributed by atoms with van der Waals surface area (Å²) in [5.41, 5.74) is 0.741. The van der Waals surface area contributed by atoms with Crippen LogP contribution < -0.4 is 10.1 Å². The van der Waals surface area contributed by atoms with Crippen molar-refractivity contribution in [2.24, 2.45) is 0 Å². The smallest absolute Gasteiger partial charge is 0.416 e. The number of nitrogens with one attached hydrogen (secondary N) is 1. The van der Waals surface area contributed by atoms with Crippen LogP contribution in [0.4, 0.5) is 18.9 Å². The first-order valence-electron chi connectivity index (χ1n) is 13.0. The van der Waals surface area contributed by atoms with E-state index in [2.05, 4.69) is 10.3 Å². The number of benzene rings is 2. The van der Waals surface area contributed by atoms with E-state index in [9.17, 15) is 22.8 Å². The third-order valence-electron chi connectivity index (χ3n) is 5.92. The molecule has 9 heteroatoms. The highest BCUT2D eigenvalue weighted by molar-refractivity contribution is 5.91. The topological polar surface area (TPSA) is 77.5 Å². The maximum atomic E-state index is 12.8. The van der Waals surface area contributed by atoms with Crippen molar-refractivity contribution in [1.29, 1.82) is 0 Å². The van der Waals surface area contributed by atoms with E-state index in [0.717, 1.165) is 17.7 Å². The molecule has 3 aromatic rings. The van der Waals surface area contributed by atoms with Gasteiger partial charge in [-0.05, 0) is 96.3 Å². The molecule has 2 aromatic carbocycles. The van der Waals surface area contributed by atoms with Crippen LogP contribution in [0.5, 0.6) is 5.75 Å². The highest BCUT2D eigenvalue weighted by atomic mass is 19.4. The number of hydrogen-bond acceptors (Lipinski definition) is 5. The Labute approximate surface area is 232 Å². The number of hydrogen-bond donors (Lipinski definition) is 1. The molecular weight excluding hydrogens is 521 g/mol. The molecule has 3 rings (SSSR count). The fraction of sp³-hybridized carbons (Fsp3) is 0.387. The van der Waals surface area contributed by atoms with Gasteiger partial charge in [0.05, 0.1) is 22.6 Å². The van der Waals surface area contributed by atoms with E-state index in [0.29, 0.717) is 47.7 Å². The summed E-state index contributed by atoms with van der Waals surface area (Å²) in [5.74, 6) is -0.0685. The second-order valence-electron chi connectivity index (χ2n) is 11.1. The molecule has 0 saturated carbocycles. The number of esters is 1. The molecule has 0 aliphatic carbocycles. The molecule has 0 aliphatic heterocycles. The number of alkyl halides is 3. The molecule has 0 bridgehead atoms. The maximum absolute atomic E-state index is 12.8. The van der Waals surface area contributed by atoms with Crippen LogP contribution in [-0.2, 0) is 26.9 Å². The first-order valence-corrected chi connectivity index (χ1v) is 13.0. The minimum atomic E-state index is -4.39. The molecule has 214 valence electrons. The van der Waals surface area contributed by atoms with Crippen LogP contribution in [0.25, 0.3) is 11.3 Å². The second-order valence-corrected chi connectivity index (χ2v) is 11.1. The number of aromatic nitrogens is 1. The van der Waals surface area contributed by atoms with E-state index in [1.165, 1.54) is 12.1 Å². The molecule has 1 N–H and O–H groups in total. The molecule has 0 aliphatic rings. The number of carbonyl (C=O) groups is 2. The molecule has 1 amide bonds. The molecule has 0 fully saturated rings. The number of ether oxygens (including phenoxy) is 2. The predicted octanol–water partition coefficient (Wildman–Crippen LogP) is 7.54. The van der Waals surface area contributed by atoms with Gasteiger partial charge >= 0.3 is 12.1 Å². The van der Waals surface area contributed by atoms with Gasteiger partial charge in [0.15, 0.2) is 5.60 Å². The van der Waals surface area contributed by atoms with Crippen LogP contribution in [0.1, 0.15) is 64.3 Å². The van der Waals surface area contributed by atoms with Crippen molar-refractivity contribution in [3.05, 3.63) is 77.5 Å². The summed E-state index contributed by atoms with van der Waals surface area (Å²) < 4.78 is 49.7. The average Bonchev–Trinajstić information content (AvgIpc) is 2.85. The summed E-state index contributed by atoms with van der Waals surface area (Å²) in [4.78, 5) is 29.4. The molecule has 40 heavy (non-hydrogen) atoms. The number of pyridine rings is 1. The Morgan fingerprint density at radius 2 is 1.50 bits per heavy atom. The van der Waals surface area contributed by atoms with Crippen LogP contribution in [0.15, 0.2) is 60.7 Å². The summed E-state index contributed by atoms with van der Waals surface area (Å²) in [6, 6.07) is 15.5. The average molecular weight is 557 g/mol. The SMILES string of the molecule is Cc1nc(-c2ccc(C(F)(F)F)cc2)ccc1NC(=O)CCCc1ccc(OC(C)(C)C(=O)OC(C)(C)C)cc1. The normalized spacial score (nSPS) is 12.1. The molecule has 0 unspecified atom stereocenters. The van der Waals surface area contributed by atoms with Crippen LogP contribution in [0, 0.1) is 6.92 Å². The third kappa shape index (κ3) is 8.83. The Hall–Kier alpha value is -3.88. The molecule has 1 heterocycles. The summed E-state index contributed by atoms with van der Waals surface area (Å²) in [6.45, 7) is 10.5. The molecule has 0 atom stereocenters. The van der Waals surface area contributed by atoms with E-state index in [1.807, 2.05) is 12.1 Å². The predicted molar refractivity (Wildman–Crippen MR) is 148 cm³/mol. The number of halogens is 3. The van der Waals surface area contributed by atoms with Gasteiger partial charge in [0.2, 0.25) is 5.91 Å². The van der Waals surface area contributed by atoms with Crippen LogP contribution in [0.2, 0.25) is 0 Å². The van der Waals surface area contributed by atoms with Crippen LogP contribution in [-0.4, -0.2) is 28.1 Å². The summed E-state index contributed by atoms with van der Waals surface area (Å²) >= 11 is 0. The van der Waals surface area contributed by atoms with Gasteiger partial charge in [0, 0.05) is 12.0 Å². The number of aryl methyl sites for hydroxylation is 2. The van der Waals surface area contributed by atoms with E-state index in [4.69, 9.17) is 9.47 Å². The van der Waals surface area contributed by atoms with Crippen LogP contribution in [0.3, 0.4) is 0 Å². The van der Waals surface area contributed by atoms with Crippen LogP contribution >= 0.6 is 0 Å². The lowest BCUT2D eigenvalue weighted by molar-refractivity contribution is -0.170. The van der Waals surface area contributed by atoms with E-state index < -0.39 is 28.9 Å². The Morgan fingerprint density at radius 1 is 0.875 bits per heavy atom. The van der Waals surface area contributed by atoms with Gasteiger partial charge in [0.1, 0.15) is 11.4 Å². The number of nitrogens with zero attached hydrogens (tertiary/aromatic N) is 1. The molecule has 0 radical (unpaired) electrons. The Morgan fingerprint density at radius 3 is 2.05 bits per heavy atom. The van der Waals surface area contributed by atoms with Gasteiger partial charge in [-0.15, -0.1) is 0 Å². The maximum Gasteiger partial charge on any atom is 0.416 e. The van der Waals surface area contributed by atoms with Gasteiger partial charge in [-0.3, -0.25) is 9.78 Å². The Balaban J connectivity index is 1.49. The number of carbonyl (C=O) groups excluding carboxylic acids is 2. The van der Waals surface area contributed by atoms with E-state index >= 15 is 0 Å². The van der Waals surface area contributed by atoms with E-state index in [1.54, 1.807) is 65.8 Å². The first kappa shape index (κ1) is 30.7. The van der Waals surface area contributed by atoms with Crippen molar-refractivity contribution in [2.75, 3.05) is 5.32 Å². The largest absolute Gasteiger partial charge is 0.476 e. The lowest BCUT2D eigenvalue weighted by Gasteiger charge is -2.29. The summed E-state index contributed by atoms with van der Waals surface area (Å²) in [5, 5.41) is 2.85. The zero-order valence-electron chi connectivity index (χ0n) is 23.6. The van der Waals surface area contributed by atoms with Crippen molar-refractivity contribution in [2.45, 2.75) is 78.2 Å². The number of rotatable bonds is 9. The van der Waals surface area contributed by atoms with Gasteiger partial charge in [-0.2, -0.15) is 13.2 Å². The molecule has 6 nitrogen and oxygen atoms in total. The van der Waals surface area contributed by atoms with Gasteiger partial charge < -0.3 is 14.8 Å². The third-order valence-corrected chi connectivity index (χ3v) is 5.92. The van der Waals surface area contributed by atoms with Crippen molar-refractivity contribution in [1.82, 2.24) is 4.98 Å². The monoisotopic (exact) mass is 556 g/mol. The molecule has 0 saturated heterocycles. The van der Waals surface area contributed by atoms with Gasteiger partial charge in [-0.1, -0.05) is 24.3 Å². The fourth-order valence-electron chi connectivity index (χ4n) is 3.81. The highest BCUT2D eigenvalue weighted by Gasteiger charge is 2.34. The summed E-state index contributed by atoms with van der Waals surface area (Å²) in [6.07, 6.45) is -2.81. The van der Waals surface area contributed by atoms with Crippen molar-refractivity contribution >= 4 is 17.6 Å². The van der Waals surface area contributed by atoms with Gasteiger partial charge in [-0.25, -0.2) is 4.79 Å². The summed E-state index contributed by atoms with van der Waals surface area (Å²) in [7, 11) is 0. The minimum absolute atomic E-state index is 0.161. The quantitative estimate of drug-likeness (QED) is 0.276. The molecular formula is C31H35F3N2O4. The zero-order valence-corrected chi connectivity index (χ0v) is 23.6. The Kier molecular flexibility index (Phi) is 9.28. The van der Waals surface area contributed by atoms with E-state index in [-0.39, 0.29) is 5.91 Å². The lowest BCUT2D eigenvalue weighted by atomic mass is 10.1. The van der Waals surface area contributed by atoms with Gasteiger partial charge in [0.25, 0.3) is 0 Å². The highest BCUT2D eigenvalue weighted by Crippen LogP contribution is 2.31. The number of amides is 1.